The smallest absolute Gasteiger partial charge is 0.260 e. The minimum atomic E-state index is -0.164. The van der Waals surface area contributed by atoms with E-state index in [0.717, 1.165) is 43.7 Å². The summed E-state index contributed by atoms with van der Waals surface area (Å²) < 4.78 is 11.1. The van der Waals surface area contributed by atoms with Gasteiger partial charge in [-0.1, -0.05) is 0 Å². The number of likely N-dealkylation sites (tertiary alicyclic amines) is 1. The number of hydrogen-bond donors (Lipinski definition) is 1. The zero-order valence-electron chi connectivity index (χ0n) is 20.0. The monoisotopic (exact) mass is 466 g/mol. The normalized spacial score (nSPS) is 20.6. The van der Waals surface area contributed by atoms with Gasteiger partial charge in [0.25, 0.3) is 11.8 Å². The Bertz CT molecular complexity index is 965. The first-order chi connectivity index (χ1) is 16.5. The summed E-state index contributed by atoms with van der Waals surface area (Å²) in [4.78, 5) is 33.8. The molecule has 2 aliphatic heterocycles. The van der Waals surface area contributed by atoms with Crippen LogP contribution in [-0.2, 0) is 16.1 Å². The van der Waals surface area contributed by atoms with Gasteiger partial charge in [-0.3, -0.25) is 9.59 Å². The number of piperidine rings is 1. The molecule has 1 aromatic heterocycles. The molecule has 8 nitrogen and oxygen atoms in total. The molecule has 1 aromatic carbocycles. The molecule has 0 saturated carbocycles. The summed E-state index contributed by atoms with van der Waals surface area (Å²) in [6, 6.07) is 11.3. The van der Waals surface area contributed by atoms with Crippen molar-refractivity contribution in [3.63, 3.8) is 0 Å². The average Bonchev–Trinajstić information content (AvgIpc) is 2.87. The van der Waals surface area contributed by atoms with Gasteiger partial charge < -0.3 is 24.6 Å². The summed E-state index contributed by atoms with van der Waals surface area (Å²) in [6.07, 6.45) is 5.00. The first-order valence-corrected chi connectivity index (χ1v) is 12.1. The lowest BCUT2D eigenvalue weighted by molar-refractivity contribution is -0.139. The molecule has 2 unspecified atom stereocenters. The van der Waals surface area contributed by atoms with E-state index >= 15 is 0 Å². The Morgan fingerprint density at radius 1 is 1.09 bits per heavy atom. The molecule has 1 N–H and O–H groups in total. The third-order valence-corrected chi connectivity index (χ3v) is 6.56. The Morgan fingerprint density at radius 3 is 2.50 bits per heavy atom. The van der Waals surface area contributed by atoms with Crippen LogP contribution >= 0.6 is 0 Å². The van der Waals surface area contributed by atoms with Crippen LogP contribution in [-0.4, -0.2) is 66.7 Å². The van der Waals surface area contributed by atoms with Gasteiger partial charge in [-0.15, -0.1) is 0 Å². The maximum Gasteiger partial charge on any atom is 0.260 e. The van der Waals surface area contributed by atoms with Crippen molar-refractivity contribution in [2.75, 3.05) is 37.8 Å². The molecular weight excluding hydrogens is 432 g/mol. The topological polar surface area (TPSA) is 84.0 Å². The number of pyridine rings is 1. The average molecular weight is 467 g/mol. The van der Waals surface area contributed by atoms with Crippen LogP contribution in [0.3, 0.4) is 0 Å². The number of hydrogen-bond acceptors (Lipinski definition) is 6. The molecule has 2 atom stereocenters. The fraction of sp³-hybridized carbons (Fsp3) is 0.500. The molecular formula is C26H34N4O4. The first-order valence-electron chi connectivity index (χ1n) is 12.1. The van der Waals surface area contributed by atoms with Crippen LogP contribution in [0.5, 0.6) is 5.75 Å². The van der Waals surface area contributed by atoms with Crippen molar-refractivity contribution in [3.05, 3.63) is 53.7 Å². The highest BCUT2D eigenvalue weighted by atomic mass is 16.5. The summed E-state index contributed by atoms with van der Waals surface area (Å²) in [6.45, 7) is 7.65. The Hall–Kier alpha value is -3.13. The molecule has 2 aliphatic rings. The van der Waals surface area contributed by atoms with Gasteiger partial charge in [0.1, 0.15) is 11.6 Å². The van der Waals surface area contributed by atoms with Crippen molar-refractivity contribution in [2.45, 2.75) is 51.7 Å². The number of carbonyl (C=O) groups is 2. The lowest BCUT2D eigenvalue weighted by Crippen LogP contribution is -2.49. The fourth-order valence-corrected chi connectivity index (χ4v) is 4.66. The first kappa shape index (κ1) is 24.0. The number of rotatable bonds is 7. The fourth-order valence-electron chi connectivity index (χ4n) is 4.66. The lowest BCUT2D eigenvalue weighted by atomic mass is 9.97. The third kappa shape index (κ3) is 6.05. The van der Waals surface area contributed by atoms with Gasteiger partial charge in [0.2, 0.25) is 0 Å². The van der Waals surface area contributed by atoms with Crippen molar-refractivity contribution >= 4 is 17.6 Å². The number of carbonyl (C=O) groups excluding carboxylic acids is 2. The maximum absolute atomic E-state index is 12.6. The molecule has 2 aromatic rings. The summed E-state index contributed by atoms with van der Waals surface area (Å²) in [5, 5.41) is 2.96. The van der Waals surface area contributed by atoms with Crippen molar-refractivity contribution in [1.82, 2.24) is 15.2 Å². The number of anilines is 1. The van der Waals surface area contributed by atoms with Gasteiger partial charge >= 0.3 is 0 Å². The number of aromatic nitrogens is 1. The van der Waals surface area contributed by atoms with E-state index in [1.807, 2.05) is 17.0 Å². The van der Waals surface area contributed by atoms with Crippen molar-refractivity contribution in [2.24, 2.45) is 0 Å². The molecule has 0 aliphatic carbocycles. The second-order valence-corrected chi connectivity index (χ2v) is 9.05. The SMILES string of the molecule is CC1CCCC(C)N1C(=O)COc1ccc(C(=O)NCc2ccnc(N3CCOCC3)c2)cc1. The predicted molar refractivity (Wildman–Crippen MR) is 130 cm³/mol. The minimum absolute atomic E-state index is 0.00768. The number of amides is 2. The van der Waals surface area contributed by atoms with E-state index in [2.05, 4.69) is 29.0 Å². The van der Waals surface area contributed by atoms with Crippen LogP contribution < -0.4 is 15.0 Å². The highest BCUT2D eigenvalue weighted by molar-refractivity contribution is 5.94. The minimum Gasteiger partial charge on any atom is -0.484 e. The Kier molecular flexibility index (Phi) is 8.00. The summed E-state index contributed by atoms with van der Waals surface area (Å²) in [5.74, 6) is 1.32. The van der Waals surface area contributed by atoms with E-state index in [1.54, 1.807) is 30.5 Å². The van der Waals surface area contributed by atoms with Gasteiger partial charge in [0, 0.05) is 43.5 Å². The second kappa shape index (κ2) is 11.3. The van der Waals surface area contributed by atoms with Crippen molar-refractivity contribution in [1.29, 1.82) is 0 Å². The van der Waals surface area contributed by atoms with Gasteiger partial charge in [-0.05, 0) is 75.1 Å². The second-order valence-electron chi connectivity index (χ2n) is 9.05. The van der Waals surface area contributed by atoms with Gasteiger partial charge in [0.05, 0.1) is 13.2 Å². The van der Waals surface area contributed by atoms with Crippen LogP contribution in [0.2, 0.25) is 0 Å². The van der Waals surface area contributed by atoms with E-state index in [0.29, 0.717) is 31.1 Å². The molecule has 3 heterocycles. The number of nitrogens with zero attached hydrogens (tertiary/aromatic N) is 3. The van der Waals surface area contributed by atoms with Gasteiger partial charge in [-0.2, -0.15) is 0 Å². The Morgan fingerprint density at radius 2 is 1.79 bits per heavy atom. The van der Waals surface area contributed by atoms with Gasteiger partial charge in [0.15, 0.2) is 6.61 Å². The molecule has 0 spiro atoms. The molecule has 0 bridgehead atoms. The third-order valence-electron chi connectivity index (χ3n) is 6.56. The van der Waals surface area contributed by atoms with E-state index < -0.39 is 0 Å². The molecule has 2 fully saturated rings. The van der Waals surface area contributed by atoms with E-state index in [-0.39, 0.29) is 30.5 Å². The van der Waals surface area contributed by atoms with Crippen molar-refractivity contribution < 1.29 is 19.1 Å². The predicted octanol–water partition coefficient (Wildman–Crippen LogP) is 3.02. The molecule has 8 heteroatoms. The lowest BCUT2D eigenvalue weighted by Gasteiger charge is -2.38. The maximum atomic E-state index is 12.6. The number of nitrogens with one attached hydrogen (secondary N) is 1. The molecule has 182 valence electrons. The molecule has 2 saturated heterocycles. The molecule has 34 heavy (non-hydrogen) atoms. The van der Waals surface area contributed by atoms with E-state index in [9.17, 15) is 9.59 Å². The van der Waals surface area contributed by atoms with Crippen LogP contribution in [0.4, 0.5) is 5.82 Å². The highest BCUT2D eigenvalue weighted by Crippen LogP contribution is 2.23. The highest BCUT2D eigenvalue weighted by Gasteiger charge is 2.29. The molecule has 4 rings (SSSR count). The largest absolute Gasteiger partial charge is 0.484 e. The van der Waals surface area contributed by atoms with Crippen LogP contribution in [0, 0.1) is 0 Å². The van der Waals surface area contributed by atoms with Gasteiger partial charge in [-0.25, -0.2) is 4.98 Å². The number of morpholine rings is 1. The van der Waals surface area contributed by atoms with E-state index in [1.165, 1.54) is 0 Å². The van der Waals surface area contributed by atoms with Crippen LogP contribution in [0.25, 0.3) is 0 Å². The Labute approximate surface area is 201 Å². The summed E-state index contributed by atoms with van der Waals surface area (Å²) in [5.41, 5.74) is 1.53. The van der Waals surface area contributed by atoms with Crippen molar-refractivity contribution in [3.8, 4) is 5.75 Å². The standard InChI is InChI=1S/C26H34N4O4/c1-19-4-3-5-20(2)30(19)25(31)18-34-23-8-6-22(7-9-23)26(32)28-17-21-10-11-27-24(16-21)29-12-14-33-15-13-29/h6-11,16,19-20H,3-5,12-15,17-18H2,1-2H3,(H,28,32). The zero-order chi connectivity index (χ0) is 23.9. The number of ether oxygens (including phenoxy) is 2. The molecule has 2 amide bonds. The number of benzene rings is 1. The zero-order valence-corrected chi connectivity index (χ0v) is 20.0. The van der Waals surface area contributed by atoms with Crippen LogP contribution in [0.1, 0.15) is 49.0 Å². The quantitative estimate of drug-likeness (QED) is 0.675. The van der Waals surface area contributed by atoms with Crippen LogP contribution in [0.15, 0.2) is 42.6 Å². The molecule has 0 radical (unpaired) electrons. The Balaban J connectivity index is 1.26. The van der Waals surface area contributed by atoms with E-state index in [4.69, 9.17) is 9.47 Å². The summed E-state index contributed by atoms with van der Waals surface area (Å²) >= 11 is 0. The summed E-state index contributed by atoms with van der Waals surface area (Å²) in [7, 11) is 0.